The minimum atomic E-state index is 0.225. The van der Waals surface area contributed by atoms with Crippen LogP contribution in [0.15, 0.2) is 6.07 Å². The van der Waals surface area contributed by atoms with E-state index < -0.39 is 0 Å². The van der Waals surface area contributed by atoms with Gasteiger partial charge in [0.2, 0.25) is 5.95 Å². The van der Waals surface area contributed by atoms with Crippen LogP contribution in [-0.2, 0) is 4.74 Å². The van der Waals surface area contributed by atoms with E-state index in [0.29, 0.717) is 6.61 Å². The monoisotopic (exact) mass is 253 g/mol. The van der Waals surface area contributed by atoms with E-state index in [0.717, 1.165) is 31.0 Å². The minimum absolute atomic E-state index is 0.225. The number of nitrogen functional groups attached to an aromatic ring is 1. The molecule has 1 rings (SSSR count). The second-order valence-electron chi connectivity index (χ2n) is 4.13. The second-order valence-corrected chi connectivity index (χ2v) is 4.13. The Balaban J connectivity index is 2.71. The molecule has 0 aliphatic heterocycles. The highest BCUT2D eigenvalue weighted by Crippen LogP contribution is 2.14. The molecule has 0 bridgehead atoms. The van der Waals surface area contributed by atoms with Crippen LogP contribution in [-0.4, -0.2) is 36.3 Å². The Morgan fingerprint density at radius 1 is 1.33 bits per heavy atom. The zero-order chi connectivity index (χ0) is 13.4. The molecule has 1 atom stereocenters. The Morgan fingerprint density at radius 3 is 2.67 bits per heavy atom. The van der Waals surface area contributed by atoms with Crippen molar-refractivity contribution < 1.29 is 4.74 Å². The highest BCUT2D eigenvalue weighted by atomic mass is 16.5. The molecule has 0 spiro atoms. The maximum absolute atomic E-state index is 5.69. The summed E-state index contributed by atoms with van der Waals surface area (Å²) >= 11 is 0. The predicted molar refractivity (Wildman–Crippen MR) is 74.8 cm³/mol. The van der Waals surface area contributed by atoms with Crippen LogP contribution >= 0.6 is 0 Å². The van der Waals surface area contributed by atoms with Crippen molar-refractivity contribution in [1.29, 1.82) is 0 Å². The molecule has 4 N–H and O–H groups in total. The number of anilines is 3. The Morgan fingerprint density at radius 2 is 2.06 bits per heavy atom. The van der Waals surface area contributed by atoms with E-state index in [4.69, 9.17) is 10.5 Å². The lowest BCUT2D eigenvalue weighted by atomic mass is 10.2. The van der Waals surface area contributed by atoms with Gasteiger partial charge in [0.25, 0.3) is 0 Å². The largest absolute Gasteiger partial charge is 0.383 e. The average molecular weight is 253 g/mol. The Bertz CT molecular complexity index is 358. The molecule has 6 heteroatoms. The van der Waals surface area contributed by atoms with Crippen molar-refractivity contribution in [2.24, 2.45) is 0 Å². The molecule has 6 nitrogen and oxygen atoms in total. The first-order valence-corrected chi connectivity index (χ1v) is 6.33. The maximum atomic E-state index is 5.69. The molecule has 0 aliphatic rings. The number of nitrogens with two attached hydrogens (primary N) is 1. The van der Waals surface area contributed by atoms with E-state index in [2.05, 4.69) is 34.4 Å². The summed E-state index contributed by atoms with van der Waals surface area (Å²) in [5, 5.41) is 6.49. The van der Waals surface area contributed by atoms with Crippen molar-refractivity contribution in [3.8, 4) is 0 Å². The minimum Gasteiger partial charge on any atom is -0.383 e. The molecule has 1 aromatic rings. The number of aromatic nitrogens is 2. The van der Waals surface area contributed by atoms with Crippen LogP contribution in [0.2, 0.25) is 0 Å². The Kier molecular flexibility index (Phi) is 6.21. The van der Waals surface area contributed by atoms with Crippen LogP contribution < -0.4 is 16.4 Å². The fourth-order valence-corrected chi connectivity index (χ4v) is 1.56. The molecule has 0 radical (unpaired) electrons. The highest BCUT2D eigenvalue weighted by Gasteiger charge is 2.08. The summed E-state index contributed by atoms with van der Waals surface area (Å²) in [5.74, 6) is 1.75. The van der Waals surface area contributed by atoms with Crippen LogP contribution in [0.1, 0.15) is 26.7 Å². The van der Waals surface area contributed by atoms with Gasteiger partial charge >= 0.3 is 0 Å². The lowest BCUT2D eigenvalue weighted by Crippen LogP contribution is -2.24. The van der Waals surface area contributed by atoms with Crippen LogP contribution in [0.3, 0.4) is 0 Å². The number of rotatable bonds is 8. The van der Waals surface area contributed by atoms with Gasteiger partial charge in [0.05, 0.1) is 12.6 Å². The molecule has 1 aromatic heterocycles. The first kappa shape index (κ1) is 14.5. The van der Waals surface area contributed by atoms with Crippen LogP contribution in [0.5, 0.6) is 0 Å². The molecule has 0 amide bonds. The van der Waals surface area contributed by atoms with Gasteiger partial charge in [0, 0.05) is 19.7 Å². The van der Waals surface area contributed by atoms with Gasteiger partial charge in [-0.25, -0.2) is 0 Å². The van der Waals surface area contributed by atoms with Crippen molar-refractivity contribution in [2.75, 3.05) is 36.6 Å². The Hall–Kier alpha value is -1.56. The molecular formula is C12H23N5O. The molecule has 1 heterocycles. The molecule has 102 valence electrons. The van der Waals surface area contributed by atoms with Crippen molar-refractivity contribution in [3.05, 3.63) is 6.07 Å². The van der Waals surface area contributed by atoms with E-state index in [1.165, 1.54) is 0 Å². The quantitative estimate of drug-likeness (QED) is 0.654. The summed E-state index contributed by atoms with van der Waals surface area (Å²) in [7, 11) is 1.69. The Labute approximate surface area is 108 Å². The zero-order valence-electron chi connectivity index (χ0n) is 11.4. The number of hydrogen-bond acceptors (Lipinski definition) is 6. The summed E-state index contributed by atoms with van der Waals surface area (Å²) in [5.41, 5.74) is 5.69. The predicted octanol–water partition coefficient (Wildman–Crippen LogP) is 1.72. The van der Waals surface area contributed by atoms with Gasteiger partial charge in [0.15, 0.2) is 0 Å². The number of methoxy groups -OCH3 is 1. The van der Waals surface area contributed by atoms with Gasteiger partial charge < -0.3 is 21.1 Å². The zero-order valence-corrected chi connectivity index (χ0v) is 11.4. The number of nitrogens with zero attached hydrogens (tertiary/aromatic N) is 2. The van der Waals surface area contributed by atoms with Crippen LogP contribution in [0, 0.1) is 0 Å². The molecule has 0 aliphatic carbocycles. The molecule has 0 fully saturated rings. The van der Waals surface area contributed by atoms with E-state index in [9.17, 15) is 0 Å². The van der Waals surface area contributed by atoms with Gasteiger partial charge in [-0.05, 0) is 12.8 Å². The first-order valence-electron chi connectivity index (χ1n) is 6.33. The van der Waals surface area contributed by atoms with E-state index in [1.807, 2.05) is 6.07 Å². The van der Waals surface area contributed by atoms with Gasteiger partial charge in [0.1, 0.15) is 11.6 Å². The van der Waals surface area contributed by atoms with E-state index in [-0.39, 0.29) is 12.0 Å². The lowest BCUT2D eigenvalue weighted by Gasteiger charge is -2.17. The van der Waals surface area contributed by atoms with Crippen LogP contribution in [0.25, 0.3) is 0 Å². The summed E-state index contributed by atoms with van der Waals surface area (Å²) in [4.78, 5) is 8.31. The van der Waals surface area contributed by atoms with Crippen molar-refractivity contribution in [3.63, 3.8) is 0 Å². The summed E-state index contributed by atoms with van der Waals surface area (Å²) in [6.45, 7) is 5.70. The molecule has 0 saturated carbocycles. The first-order chi connectivity index (χ1) is 8.69. The third kappa shape index (κ3) is 4.75. The topological polar surface area (TPSA) is 85.1 Å². The normalized spacial score (nSPS) is 12.2. The highest BCUT2D eigenvalue weighted by molar-refractivity contribution is 5.51. The van der Waals surface area contributed by atoms with Crippen molar-refractivity contribution in [1.82, 2.24) is 9.97 Å². The van der Waals surface area contributed by atoms with Gasteiger partial charge in [-0.3, -0.25) is 0 Å². The fraction of sp³-hybridized carbons (Fsp3) is 0.667. The molecule has 1 unspecified atom stereocenters. The SMILES string of the molecule is CCCNc1cc(NC(CC)COC)nc(N)n1. The number of nitrogens with one attached hydrogen (secondary N) is 2. The average Bonchev–Trinajstić information content (AvgIpc) is 2.35. The summed E-state index contributed by atoms with van der Waals surface area (Å²) in [6.07, 6.45) is 1.99. The molecular weight excluding hydrogens is 230 g/mol. The van der Waals surface area contributed by atoms with Crippen molar-refractivity contribution >= 4 is 17.6 Å². The maximum Gasteiger partial charge on any atom is 0.223 e. The van der Waals surface area contributed by atoms with Gasteiger partial charge in [-0.2, -0.15) is 9.97 Å². The van der Waals surface area contributed by atoms with Gasteiger partial charge in [-0.1, -0.05) is 13.8 Å². The standard InChI is InChI=1S/C12H23N5O/c1-4-6-14-10-7-11(17-12(13)16-10)15-9(5-2)8-18-3/h7,9H,4-6,8H2,1-3H3,(H4,13,14,15,16,17). The second kappa shape index (κ2) is 7.71. The lowest BCUT2D eigenvalue weighted by molar-refractivity contribution is 0.184. The number of hydrogen-bond donors (Lipinski definition) is 3. The summed E-state index contributed by atoms with van der Waals surface area (Å²) < 4.78 is 5.14. The molecule has 18 heavy (non-hydrogen) atoms. The number of ether oxygens (including phenoxy) is 1. The fourth-order valence-electron chi connectivity index (χ4n) is 1.56. The van der Waals surface area contributed by atoms with Crippen LogP contribution in [0.4, 0.5) is 17.6 Å². The smallest absolute Gasteiger partial charge is 0.223 e. The third-order valence-corrected chi connectivity index (χ3v) is 2.51. The van der Waals surface area contributed by atoms with Crippen molar-refractivity contribution in [2.45, 2.75) is 32.7 Å². The summed E-state index contributed by atoms with van der Waals surface area (Å²) in [6, 6.07) is 2.09. The molecule has 0 aromatic carbocycles. The van der Waals surface area contributed by atoms with Gasteiger partial charge in [-0.15, -0.1) is 0 Å². The molecule has 0 saturated heterocycles. The van der Waals surface area contributed by atoms with E-state index >= 15 is 0 Å². The van der Waals surface area contributed by atoms with E-state index in [1.54, 1.807) is 7.11 Å². The third-order valence-electron chi connectivity index (χ3n) is 2.51.